The molecule has 5 heteroatoms. The molecule has 0 aliphatic heterocycles. The summed E-state index contributed by atoms with van der Waals surface area (Å²) in [6.45, 7) is 2.11. The zero-order chi connectivity index (χ0) is 22.5. The summed E-state index contributed by atoms with van der Waals surface area (Å²) in [5.74, 6) is 0.427. The van der Waals surface area contributed by atoms with Crippen LogP contribution in [0.4, 0.5) is 0 Å². The maximum absolute atomic E-state index is 13.0. The van der Waals surface area contributed by atoms with Gasteiger partial charge in [-0.25, -0.2) is 0 Å². The smallest absolute Gasteiger partial charge is 0.161 e. The Bertz CT molecular complexity index is 983. The molecule has 2 aromatic rings. The number of Topliss-reactive ketones (excluding diaryl/α,β-unsaturated/α-hetero) is 2. The van der Waals surface area contributed by atoms with Gasteiger partial charge in [-0.05, 0) is 62.1 Å². The van der Waals surface area contributed by atoms with E-state index in [1.54, 1.807) is 12.3 Å². The highest BCUT2D eigenvalue weighted by Gasteiger charge is 2.30. The Balaban J connectivity index is 1.33. The first kappa shape index (κ1) is 22.4. The highest BCUT2D eigenvalue weighted by atomic mass is 16.5. The Hall–Kier alpha value is -2.82. The third kappa shape index (κ3) is 5.14. The Labute approximate surface area is 189 Å². The molecule has 2 atom stereocenters. The number of nitrogens with zero attached hydrogens (tertiary/aromatic N) is 1. The fourth-order valence-electron chi connectivity index (χ4n) is 4.99. The van der Waals surface area contributed by atoms with Gasteiger partial charge in [0.2, 0.25) is 0 Å². The molecule has 2 aliphatic carbocycles. The standard InChI is InChI=1S/C27H32NO4/c1-2-5-21-22-14-15-28-24(22)12-11-23(21)26(31)17-19(29)10-8-18-9-13-25(30)27(16-18)32-20-6-3-4-7-20/h9,11-16,20-21,23,30H,2-8,10,17H2,1H3/q-1/t21-,23-/m1/s1. The first-order chi connectivity index (χ1) is 15.5. The van der Waals surface area contributed by atoms with Gasteiger partial charge in [-0.15, -0.1) is 5.69 Å². The molecule has 0 saturated heterocycles. The van der Waals surface area contributed by atoms with E-state index in [9.17, 15) is 14.7 Å². The van der Waals surface area contributed by atoms with Gasteiger partial charge in [0.05, 0.1) is 12.5 Å². The second-order valence-electron chi connectivity index (χ2n) is 9.07. The average molecular weight is 435 g/mol. The zero-order valence-electron chi connectivity index (χ0n) is 18.8. The van der Waals surface area contributed by atoms with E-state index in [0.29, 0.717) is 18.6 Å². The molecule has 0 radical (unpaired) electrons. The summed E-state index contributed by atoms with van der Waals surface area (Å²) in [6.07, 6.45) is 12.8. The molecule has 0 spiro atoms. The van der Waals surface area contributed by atoms with Crippen molar-refractivity contribution < 1.29 is 19.4 Å². The molecule has 1 saturated carbocycles. The zero-order valence-corrected chi connectivity index (χ0v) is 18.8. The minimum atomic E-state index is -0.254. The van der Waals surface area contributed by atoms with Crippen molar-refractivity contribution in [3.63, 3.8) is 0 Å². The number of aromatic hydroxyl groups is 1. The molecule has 1 heterocycles. The number of allylic oxidation sites excluding steroid dienone is 1. The topological polar surface area (TPSA) is 77.7 Å². The van der Waals surface area contributed by atoms with Crippen LogP contribution in [0.2, 0.25) is 0 Å². The summed E-state index contributed by atoms with van der Waals surface area (Å²) in [5.41, 5.74) is 3.01. The number of ether oxygens (including phenoxy) is 1. The van der Waals surface area contributed by atoms with Gasteiger partial charge in [-0.3, -0.25) is 9.59 Å². The van der Waals surface area contributed by atoms with Crippen molar-refractivity contribution in [2.45, 2.75) is 76.7 Å². The summed E-state index contributed by atoms with van der Waals surface area (Å²) in [4.78, 5) is 30.0. The summed E-state index contributed by atoms with van der Waals surface area (Å²) >= 11 is 0. The highest BCUT2D eigenvalue weighted by molar-refractivity contribution is 6.01. The lowest BCUT2D eigenvalue weighted by Gasteiger charge is -2.29. The number of fused-ring (bicyclic) bond motifs is 1. The van der Waals surface area contributed by atoms with Crippen LogP contribution in [0.5, 0.6) is 11.5 Å². The Morgan fingerprint density at radius 2 is 2.00 bits per heavy atom. The molecule has 32 heavy (non-hydrogen) atoms. The number of carbonyl (C=O) groups excluding carboxylic acids is 2. The largest absolute Gasteiger partial charge is 0.664 e. The fraction of sp³-hybridized carbons (Fsp3) is 0.481. The molecule has 4 rings (SSSR count). The van der Waals surface area contributed by atoms with Crippen LogP contribution in [0, 0.1) is 5.92 Å². The normalized spacial score (nSPS) is 20.3. The number of phenolic OH excluding ortho intramolecular Hbond substituents is 1. The Morgan fingerprint density at radius 1 is 1.19 bits per heavy atom. The molecule has 0 unspecified atom stereocenters. The number of aromatic nitrogens is 1. The first-order valence-corrected chi connectivity index (χ1v) is 11.9. The number of rotatable bonds is 10. The van der Waals surface area contributed by atoms with Crippen LogP contribution in [0.25, 0.3) is 6.08 Å². The molecule has 1 aromatic heterocycles. The third-order valence-electron chi connectivity index (χ3n) is 6.71. The van der Waals surface area contributed by atoms with Crippen molar-refractivity contribution in [2.75, 3.05) is 0 Å². The Morgan fingerprint density at radius 3 is 2.78 bits per heavy atom. The number of hydrogen-bond donors (Lipinski definition) is 1. The van der Waals surface area contributed by atoms with Crippen LogP contribution >= 0.6 is 0 Å². The predicted octanol–water partition coefficient (Wildman–Crippen LogP) is 5.36. The van der Waals surface area contributed by atoms with E-state index >= 15 is 0 Å². The van der Waals surface area contributed by atoms with Gasteiger partial charge >= 0.3 is 0 Å². The molecule has 1 fully saturated rings. The molecular weight excluding hydrogens is 402 g/mol. The van der Waals surface area contributed by atoms with Crippen LogP contribution < -0.4 is 9.72 Å². The maximum atomic E-state index is 13.0. The lowest BCUT2D eigenvalue weighted by molar-refractivity contribution is -0.128. The van der Waals surface area contributed by atoms with Gasteiger partial charge in [0.25, 0.3) is 0 Å². The Kier molecular flexibility index (Phi) is 7.13. The van der Waals surface area contributed by atoms with E-state index in [0.717, 1.165) is 55.3 Å². The van der Waals surface area contributed by atoms with E-state index < -0.39 is 0 Å². The molecule has 0 amide bonds. The third-order valence-corrected chi connectivity index (χ3v) is 6.71. The lowest BCUT2D eigenvalue weighted by Crippen LogP contribution is -2.25. The maximum Gasteiger partial charge on any atom is 0.161 e. The van der Waals surface area contributed by atoms with Crippen molar-refractivity contribution >= 4 is 17.6 Å². The molecule has 1 aromatic carbocycles. The number of hydrogen-bond acceptors (Lipinski definition) is 4. The molecule has 2 aliphatic rings. The van der Waals surface area contributed by atoms with E-state index in [4.69, 9.17) is 4.74 Å². The fourth-order valence-corrected chi connectivity index (χ4v) is 4.99. The van der Waals surface area contributed by atoms with Crippen molar-refractivity contribution in [3.05, 3.63) is 53.4 Å². The second kappa shape index (κ2) is 10.2. The van der Waals surface area contributed by atoms with Gasteiger partial charge in [-0.2, -0.15) is 6.20 Å². The molecule has 1 N–H and O–H groups in total. The number of carbonyl (C=O) groups is 2. The quantitative estimate of drug-likeness (QED) is 0.510. The minimum Gasteiger partial charge on any atom is -0.664 e. The van der Waals surface area contributed by atoms with Crippen molar-refractivity contribution in [3.8, 4) is 11.5 Å². The number of benzene rings is 1. The summed E-state index contributed by atoms with van der Waals surface area (Å²) in [7, 11) is 0. The van der Waals surface area contributed by atoms with Crippen LogP contribution in [-0.4, -0.2) is 22.8 Å². The van der Waals surface area contributed by atoms with Crippen LogP contribution in [0.1, 0.15) is 81.0 Å². The van der Waals surface area contributed by atoms with Crippen LogP contribution in [-0.2, 0) is 16.0 Å². The second-order valence-corrected chi connectivity index (χ2v) is 9.07. The molecular formula is C27H32NO4-. The van der Waals surface area contributed by atoms with Gasteiger partial charge in [0, 0.05) is 12.3 Å². The van der Waals surface area contributed by atoms with Gasteiger partial charge in [0.1, 0.15) is 11.6 Å². The summed E-state index contributed by atoms with van der Waals surface area (Å²) < 4.78 is 5.95. The van der Waals surface area contributed by atoms with Crippen LogP contribution in [0.3, 0.4) is 0 Å². The lowest BCUT2D eigenvalue weighted by atomic mass is 9.76. The predicted molar refractivity (Wildman–Crippen MR) is 124 cm³/mol. The summed E-state index contributed by atoms with van der Waals surface area (Å²) in [6, 6.07) is 7.27. The van der Waals surface area contributed by atoms with Crippen LogP contribution in [0.15, 0.2) is 36.5 Å². The monoisotopic (exact) mass is 434 g/mol. The van der Waals surface area contributed by atoms with Gasteiger partial charge in [-0.1, -0.05) is 43.2 Å². The van der Waals surface area contributed by atoms with Gasteiger partial charge in [0.15, 0.2) is 11.5 Å². The highest BCUT2D eigenvalue weighted by Crippen LogP contribution is 2.38. The van der Waals surface area contributed by atoms with E-state index in [-0.39, 0.29) is 41.7 Å². The van der Waals surface area contributed by atoms with E-state index in [1.165, 1.54) is 0 Å². The number of phenols is 1. The first-order valence-electron chi connectivity index (χ1n) is 11.9. The molecule has 5 nitrogen and oxygen atoms in total. The molecule has 0 bridgehead atoms. The van der Waals surface area contributed by atoms with E-state index in [1.807, 2.05) is 30.4 Å². The molecule has 170 valence electrons. The van der Waals surface area contributed by atoms with Crippen molar-refractivity contribution in [2.24, 2.45) is 5.92 Å². The summed E-state index contributed by atoms with van der Waals surface area (Å²) in [5, 5.41) is 10.1. The van der Waals surface area contributed by atoms with E-state index in [2.05, 4.69) is 11.9 Å². The number of ketones is 2. The van der Waals surface area contributed by atoms with Crippen molar-refractivity contribution in [1.82, 2.24) is 4.98 Å². The van der Waals surface area contributed by atoms with Crippen molar-refractivity contribution in [1.29, 1.82) is 0 Å². The average Bonchev–Trinajstić information content (AvgIpc) is 3.46. The minimum absolute atomic E-state index is 0.00693. The number of aryl methyl sites for hydroxylation is 1. The SMILES string of the molecule is CCC[C@@H]1c2cc[n-]c2C=C[C@H]1C(=O)CC(=O)CCc1ccc(O)c(OC2CCCC2)c1. The van der Waals surface area contributed by atoms with Gasteiger partial charge < -0.3 is 14.8 Å².